The number of hydrogen-bond acceptors (Lipinski definition) is 3. The molecule has 0 amide bonds. The van der Waals surface area contributed by atoms with Crippen LogP contribution in [-0.4, -0.2) is 0 Å². The molecule has 15 heavy (non-hydrogen) atoms. The molecule has 4 N–H and O–H groups in total. The summed E-state index contributed by atoms with van der Waals surface area (Å²) in [6, 6.07) is 15.2. The van der Waals surface area contributed by atoms with Crippen LogP contribution in [-0.2, 0) is 0 Å². The third kappa shape index (κ3) is 1.92. The van der Waals surface area contributed by atoms with Crippen molar-refractivity contribution in [2.45, 2.75) is 0 Å². The lowest BCUT2D eigenvalue weighted by molar-refractivity contribution is 0.334. The quantitative estimate of drug-likeness (QED) is 0.577. The Morgan fingerprint density at radius 1 is 0.867 bits per heavy atom. The van der Waals surface area contributed by atoms with Gasteiger partial charge >= 0.3 is 0 Å². The molecule has 3 heteroatoms. The fourth-order valence-corrected chi connectivity index (χ4v) is 1.47. The summed E-state index contributed by atoms with van der Waals surface area (Å²) in [6.45, 7) is 0. The molecule has 0 atom stereocenters. The smallest absolute Gasteiger partial charge is 0.146 e. The third-order valence-electron chi connectivity index (χ3n) is 2.26. The molecule has 0 radical (unpaired) electrons. The van der Waals surface area contributed by atoms with E-state index in [-0.39, 0.29) is 0 Å². The second-order valence-corrected chi connectivity index (χ2v) is 3.23. The Hall–Kier alpha value is -2.00. The topological polar surface area (TPSA) is 61.3 Å². The summed E-state index contributed by atoms with van der Waals surface area (Å²) >= 11 is 0. The van der Waals surface area contributed by atoms with Gasteiger partial charge in [0.15, 0.2) is 0 Å². The molecule has 0 bridgehead atoms. The van der Waals surface area contributed by atoms with E-state index in [0.717, 1.165) is 16.8 Å². The molecule has 2 rings (SSSR count). The lowest BCUT2D eigenvalue weighted by Crippen LogP contribution is -2.01. The van der Waals surface area contributed by atoms with E-state index in [1.807, 2.05) is 48.5 Å². The number of nitrogen functional groups attached to an aromatic ring is 1. The van der Waals surface area contributed by atoms with E-state index >= 15 is 0 Å². The zero-order valence-electron chi connectivity index (χ0n) is 8.18. The summed E-state index contributed by atoms with van der Waals surface area (Å²) in [5.74, 6) is 5.68. The number of hydrogen-bond donors (Lipinski definition) is 2. The molecular formula is C12H12N2O. The maximum absolute atomic E-state index is 5.87. The van der Waals surface area contributed by atoms with Gasteiger partial charge in [0.05, 0.1) is 0 Å². The molecule has 0 spiro atoms. The number of benzene rings is 2. The number of nitrogens with two attached hydrogens (primary N) is 2. The van der Waals surface area contributed by atoms with Crippen molar-refractivity contribution in [3.05, 3.63) is 48.5 Å². The summed E-state index contributed by atoms with van der Waals surface area (Å²) in [7, 11) is 0. The van der Waals surface area contributed by atoms with E-state index in [4.69, 9.17) is 11.6 Å². The molecule has 2 aromatic carbocycles. The highest BCUT2D eigenvalue weighted by Crippen LogP contribution is 2.26. The van der Waals surface area contributed by atoms with Gasteiger partial charge in [-0.25, -0.2) is 0 Å². The third-order valence-corrected chi connectivity index (χ3v) is 2.26. The highest BCUT2D eigenvalue weighted by atomic mass is 16.6. The van der Waals surface area contributed by atoms with Gasteiger partial charge in [0.1, 0.15) is 5.75 Å². The van der Waals surface area contributed by atoms with Crippen LogP contribution in [0.15, 0.2) is 48.5 Å². The average Bonchev–Trinajstić information content (AvgIpc) is 2.30. The standard InChI is InChI=1S/C12H12N2O/c13-12-4-2-1-3-11(12)9-5-7-10(15-14)8-6-9/h1-8H,13-14H2. The van der Waals surface area contributed by atoms with Gasteiger partial charge in [-0.05, 0) is 23.8 Å². The summed E-state index contributed by atoms with van der Waals surface area (Å²) in [5.41, 5.74) is 8.69. The van der Waals surface area contributed by atoms with Gasteiger partial charge in [0.25, 0.3) is 0 Å². The minimum atomic E-state index is 0.633. The van der Waals surface area contributed by atoms with Crippen molar-refractivity contribution in [3.8, 4) is 16.9 Å². The van der Waals surface area contributed by atoms with Crippen molar-refractivity contribution in [1.82, 2.24) is 0 Å². The zero-order valence-corrected chi connectivity index (χ0v) is 8.18. The lowest BCUT2D eigenvalue weighted by atomic mass is 10.0. The van der Waals surface area contributed by atoms with Crippen LogP contribution in [0, 0.1) is 0 Å². The van der Waals surface area contributed by atoms with Crippen LogP contribution in [0.1, 0.15) is 0 Å². The predicted octanol–water partition coefficient (Wildman–Crippen LogP) is 2.19. The summed E-state index contributed by atoms with van der Waals surface area (Å²) in [5, 5.41) is 0. The molecule has 0 aliphatic rings. The van der Waals surface area contributed by atoms with Crippen LogP contribution >= 0.6 is 0 Å². The van der Waals surface area contributed by atoms with Crippen LogP contribution in [0.4, 0.5) is 5.69 Å². The minimum Gasteiger partial charge on any atom is -0.412 e. The van der Waals surface area contributed by atoms with Crippen molar-refractivity contribution >= 4 is 5.69 Å². The van der Waals surface area contributed by atoms with E-state index in [1.165, 1.54) is 0 Å². The first-order chi connectivity index (χ1) is 7.31. The zero-order chi connectivity index (χ0) is 10.7. The Bertz CT molecular complexity index is 451. The molecule has 0 fully saturated rings. The van der Waals surface area contributed by atoms with Crippen LogP contribution in [0.25, 0.3) is 11.1 Å². The normalized spacial score (nSPS) is 9.93. The van der Waals surface area contributed by atoms with E-state index in [9.17, 15) is 0 Å². The van der Waals surface area contributed by atoms with Crippen LogP contribution < -0.4 is 16.5 Å². The van der Waals surface area contributed by atoms with Crippen LogP contribution in [0.5, 0.6) is 5.75 Å². The molecule has 0 saturated carbocycles. The van der Waals surface area contributed by atoms with Gasteiger partial charge in [-0.1, -0.05) is 30.3 Å². The summed E-state index contributed by atoms with van der Waals surface area (Å²) in [4.78, 5) is 4.60. The van der Waals surface area contributed by atoms with E-state index in [0.29, 0.717) is 5.75 Å². The molecule has 0 saturated heterocycles. The predicted molar refractivity (Wildman–Crippen MR) is 61.1 cm³/mol. The Kier molecular flexibility index (Phi) is 2.56. The van der Waals surface area contributed by atoms with Crippen molar-refractivity contribution < 1.29 is 4.84 Å². The highest BCUT2D eigenvalue weighted by molar-refractivity contribution is 5.76. The van der Waals surface area contributed by atoms with Gasteiger partial charge < -0.3 is 10.6 Å². The Morgan fingerprint density at radius 2 is 1.53 bits per heavy atom. The van der Waals surface area contributed by atoms with Gasteiger partial charge in [-0.3, -0.25) is 0 Å². The Labute approximate surface area is 88.2 Å². The molecule has 0 heterocycles. The fraction of sp³-hybridized carbons (Fsp3) is 0. The largest absolute Gasteiger partial charge is 0.412 e. The lowest BCUT2D eigenvalue weighted by Gasteiger charge is -2.05. The minimum absolute atomic E-state index is 0.633. The number of para-hydroxylation sites is 1. The Balaban J connectivity index is 2.42. The van der Waals surface area contributed by atoms with Gasteiger partial charge in [0.2, 0.25) is 0 Å². The van der Waals surface area contributed by atoms with Crippen molar-refractivity contribution in [1.29, 1.82) is 0 Å². The number of rotatable bonds is 2. The van der Waals surface area contributed by atoms with Crippen LogP contribution in [0.2, 0.25) is 0 Å². The monoisotopic (exact) mass is 200 g/mol. The second-order valence-electron chi connectivity index (χ2n) is 3.23. The van der Waals surface area contributed by atoms with Gasteiger partial charge in [0, 0.05) is 11.3 Å². The van der Waals surface area contributed by atoms with Gasteiger partial charge in [-0.2, -0.15) is 5.90 Å². The highest BCUT2D eigenvalue weighted by Gasteiger charge is 2.01. The molecule has 76 valence electrons. The molecule has 0 unspecified atom stereocenters. The SMILES string of the molecule is NOc1ccc(-c2ccccc2N)cc1. The van der Waals surface area contributed by atoms with Crippen molar-refractivity contribution in [3.63, 3.8) is 0 Å². The first-order valence-corrected chi connectivity index (χ1v) is 4.63. The first kappa shape index (κ1) is 9.55. The molecular weight excluding hydrogens is 188 g/mol. The van der Waals surface area contributed by atoms with Crippen LogP contribution in [0.3, 0.4) is 0 Å². The molecule has 0 aliphatic carbocycles. The van der Waals surface area contributed by atoms with E-state index in [1.54, 1.807) is 0 Å². The first-order valence-electron chi connectivity index (χ1n) is 4.63. The molecule has 0 aromatic heterocycles. The van der Waals surface area contributed by atoms with E-state index in [2.05, 4.69) is 4.84 Å². The molecule has 2 aromatic rings. The summed E-state index contributed by atoms with van der Waals surface area (Å²) in [6.07, 6.45) is 0. The molecule has 3 nitrogen and oxygen atoms in total. The second kappa shape index (κ2) is 4.02. The Morgan fingerprint density at radius 3 is 2.13 bits per heavy atom. The maximum Gasteiger partial charge on any atom is 0.146 e. The fourth-order valence-electron chi connectivity index (χ4n) is 1.47. The number of anilines is 1. The average molecular weight is 200 g/mol. The van der Waals surface area contributed by atoms with E-state index < -0.39 is 0 Å². The van der Waals surface area contributed by atoms with Crippen molar-refractivity contribution in [2.24, 2.45) is 5.90 Å². The maximum atomic E-state index is 5.87. The van der Waals surface area contributed by atoms with Gasteiger partial charge in [-0.15, -0.1) is 0 Å². The summed E-state index contributed by atoms with van der Waals surface area (Å²) < 4.78 is 0. The van der Waals surface area contributed by atoms with Crippen molar-refractivity contribution in [2.75, 3.05) is 5.73 Å². The molecule has 0 aliphatic heterocycles.